The van der Waals surface area contributed by atoms with E-state index >= 15 is 0 Å². The van der Waals surface area contributed by atoms with Gasteiger partial charge < -0.3 is 5.11 Å². The molecule has 4 amide bonds. The quantitative estimate of drug-likeness (QED) is 0.329. The van der Waals surface area contributed by atoms with Crippen LogP contribution in [-0.4, -0.2) is 38.5 Å². The van der Waals surface area contributed by atoms with Gasteiger partial charge in [0.1, 0.15) is 5.75 Å². The third kappa shape index (κ3) is 4.04. The van der Waals surface area contributed by atoms with Gasteiger partial charge in [0.2, 0.25) is 23.6 Å². The SMILES string of the molecule is Cc1cc(C2C3=CCC4C(=O)N(Cc5cccs5)C(=O)C4C3CC3C(=O)N(Cc4cccs4)C(=O)C32)cc(C)c1O. The van der Waals surface area contributed by atoms with E-state index in [1.165, 1.54) is 32.5 Å². The lowest BCUT2D eigenvalue weighted by molar-refractivity contribution is -0.142. The molecule has 0 radical (unpaired) electrons. The molecule has 2 aliphatic carbocycles. The number of allylic oxidation sites excluding steroid dienone is 2. The van der Waals surface area contributed by atoms with Gasteiger partial charge >= 0.3 is 0 Å². The molecule has 3 aromatic rings. The number of imide groups is 2. The molecule has 3 fully saturated rings. The second kappa shape index (κ2) is 9.77. The molecular formula is C32H30N2O5S2. The number of likely N-dealkylation sites (tertiary alicyclic amines) is 2. The van der Waals surface area contributed by atoms with E-state index in [9.17, 15) is 24.3 Å². The molecule has 2 aromatic heterocycles. The molecule has 2 saturated heterocycles. The first kappa shape index (κ1) is 26.3. The number of hydrogen-bond acceptors (Lipinski definition) is 7. The fraction of sp³-hybridized carbons (Fsp3) is 0.375. The van der Waals surface area contributed by atoms with Crippen molar-refractivity contribution in [1.82, 2.24) is 9.80 Å². The highest BCUT2D eigenvalue weighted by molar-refractivity contribution is 7.10. The number of rotatable bonds is 5. The van der Waals surface area contributed by atoms with Gasteiger partial charge in [-0.2, -0.15) is 0 Å². The number of phenolic OH excluding ortho intramolecular Hbond substituents is 1. The Morgan fingerprint density at radius 2 is 1.34 bits per heavy atom. The molecule has 4 heterocycles. The Labute approximate surface area is 246 Å². The Balaban J connectivity index is 1.31. The number of amides is 4. The van der Waals surface area contributed by atoms with Crippen molar-refractivity contribution in [3.8, 4) is 5.75 Å². The summed E-state index contributed by atoms with van der Waals surface area (Å²) in [6, 6.07) is 11.5. The predicted octanol–water partition coefficient (Wildman–Crippen LogP) is 5.17. The third-order valence-electron chi connectivity index (χ3n) is 9.49. The minimum Gasteiger partial charge on any atom is -0.507 e. The lowest BCUT2D eigenvalue weighted by Crippen LogP contribution is -2.43. The third-order valence-corrected chi connectivity index (χ3v) is 11.2. The van der Waals surface area contributed by atoms with Crippen molar-refractivity contribution in [1.29, 1.82) is 0 Å². The molecule has 1 aromatic carbocycles. The van der Waals surface area contributed by atoms with E-state index in [1.807, 2.05) is 61.0 Å². The molecule has 6 unspecified atom stereocenters. The van der Waals surface area contributed by atoms with Crippen LogP contribution >= 0.6 is 22.7 Å². The van der Waals surface area contributed by atoms with Crippen molar-refractivity contribution >= 4 is 46.3 Å². The summed E-state index contributed by atoms with van der Waals surface area (Å²) >= 11 is 3.03. The number of carbonyl (C=O) groups is 4. The van der Waals surface area contributed by atoms with Crippen LogP contribution in [-0.2, 0) is 32.3 Å². The molecule has 6 atom stereocenters. The van der Waals surface area contributed by atoms with Gasteiger partial charge in [0.15, 0.2) is 0 Å². The van der Waals surface area contributed by atoms with Crippen molar-refractivity contribution in [3.05, 3.63) is 85.3 Å². The molecule has 1 N–H and O–H groups in total. The standard InChI is InChI=1S/C32H30N2O5S2/c1-16-11-18(12-17(2)28(16)35)25-21-7-8-22-26(31(38)33(29(22)36)14-19-5-3-9-40-19)23(21)13-24-27(25)32(39)34(30(24)37)15-20-6-4-10-41-20/h3-7,9-12,22-27,35H,8,13-15H2,1-2H3. The van der Waals surface area contributed by atoms with Crippen molar-refractivity contribution in [2.24, 2.45) is 29.6 Å². The Morgan fingerprint density at radius 3 is 1.90 bits per heavy atom. The molecule has 7 nitrogen and oxygen atoms in total. The summed E-state index contributed by atoms with van der Waals surface area (Å²) in [6.07, 6.45) is 2.89. The summed E-state index contributed by atoms with van der Waals surface area (Å²) in [6.45, 7) is 4.18. The van der Waals surface area contributed by atoms with E-state index in [0.717, 1.165) is 20.9 Å². The number of carbonyl (C=O) groups excluding carboxylic acids is 4. The van der Waals surface area contributed by atoms with Crippen LogP contribution in [0.2, 0.25) is 0 Å². The summed E-state index contributed by atoms with van der Waals surface area (Å²) in [5.74, 6) is -3.35. The molecular weight excluding hydrogens is 556 g/mol. The van der Waals surface area contributed by atoms with Gasteiger partial charge in [-0.25, -0.2) is 0 Å². The Morgan fingerprint density at radius 1 is 0.780 bits per heavy atom. The van der Waals surface area contributed by atoms with Crippen LogP contribution in [0.4, 0.5) is 0 Å². The van der Waals surface area contributed by atoms with Crippen LogP contribution in [0.25, 0.3) is 0 Å². The van der Waals surface area contributed by atoms with Gasteiger partial charge in [0.25, 0.3) is 0 Å². The first-order valence-corrected chi connectivity index (χ1v) is 15.8. The number of hydrogen-bond donors (Lipinski definition) is 1. The van der Waals surface area contributed by atoms with E-state index < -0.39 is 29.6 Å². The van der Waals surface area contributed by atoms with Crippen LogP contribution in [0.3, 0.4) is 0 Å². The summed E-state index contributed by atoms with van der Waals surface area (Å²) < 4.78 is 0. The maximum Gasteiger partial charge on any atom is 0.234 e. The summed E-state index contributed by atoms with van der Waals surface area (Å²) in [7, 11) is 0. The van der Waals surface area contributed by atoms with E-state index in [-0.39, 0.29) is 48.4 Å². The molecule has 7 rings (SSSR count). The topological polar surface area (TPSA) is 95.0 Å². The number of aromatic hydroxyl groups is 1. The average Bonchev–Trinajstić information content (AvgIpc) is 3.75. The zero-order valence-corrected chi connectivity index (χ0v) is 24.4. The van der Waals surface area contributed by atoms with Crippen LogP contribution in [0.5, 0.6) is 5.75 Å². The van der Waals surface area contributed by atoms with Crippen molar-refractivity contribution in [3.63, 3.8) is 0 Å². The maximum absolute atomic E-state index is 14.1. The number of phenols is 1. The first-order valence-electron chi connectivity index (χ1n) is 14.0. The number of fused-ring (bicyclic) bond motifs is 4. The van der Waals surface area contributed by atoms with Crippen LogP contribution < -0.4 is 0 Å². The number of thiophene rings is 2. The van der Waals surface area contributed by atoms with Crippen LogP contribution in [0.1, 0.15) is 45.2 Å². The highest BCUT2D eigenvalue weighted by Gasteiger charge is 2.61. The molecule has 0 bridgehead atoms. The molecule has 210 valence electrons. The normalized spacial score (nSPS) is 29.1. The highest BCUT2D eigenvalue weighted by atomic mass is 32.1. The lowest BCUT2D eigenvalue weighted by atomic mass is 9.57. The summed E-state index contributed by atoms with van der Waals surface area (Å²) in [5.41, 5.74) is 3.26. The number of aryl methyl sites for hydroxylation is 2. The molecule has 2 aliphatic heterocycles. The molecule has 9 heteroatoms. The van der Waals surface area contributed by atoms with Gasteiger partial charge in [0, 0.05) is 15.7 Å². The summed E-state index contributed by atoms with van der Waals surface area (Å²) in [4.78, 5) is 60.1. The van der Waals surface area contributed by atoms with Gasteiger partial charge in [-0.1, -0.05) is 35.9 Å². The molecule has 4 aliphatic rings. The molecule has 1 saturated carbocycles. The predicted molar refractivity (Wildman–Crippen MR) is 155 cm³/mol. The zero-order valence-electron chi connectivity index (χ0n) is 22.8. The maximum atomic E-state index is 14.1. The number of benzene rings is 1. The van der Waals surface area contributed by atoms with E-state index in [1.54, 1.807) is 0 Å². The number of nitrogens with zero attached hydrogens (tertiary/aromatic N) is 2. The van der Waals surface area contributed by atoms with Crippen LogP contribution in [0, 0.1) is 43.4 Å². The van der Waals surface area contributed by atoms with Gasteiger partial charge in [-0.3, -0.25) is 29.0 Å². The van der Waals surface area contributed by atoms with Gasteiger partial charge in [-0.15, -0.1) is 22.7 Å². The molecule has 0 spiro atoms. The van der Waals surface area contributed by atoms with E-state index in [4.69, 9.17) is 0 Å². The minimum absolute atomic E-state index is 0.146. The minimum atomic E-state index is -0.584. The van der Waals surface area contributed by atoms with Crippen molar-refractivity contribution < 1.29 is 24.3 Å². The second-order valence-corrected chi connectivity index (χ2v) is 13.8. The van der Waals surface area contributed by atoms with E-state index in [0.29, 0.717) is 24.0 Å². The second-order valence-electron chi connectivity index (χ2n) is 11.7. The van der Waals surface area contributed by atoms with Crippen molar-refractivity contribution in [2.45, 2.75) is 45.7 Å². The zero-order chi connectivity index (χ0) is 28.6. The summed E-state index contributed by atoms with van der Waals surface area (Å²) in [5, 5.41) is 14.4. The fourth-order valence-corrected chi connectivity index (χ4v) is 9.08. The Bertz CT molecular complexity index is 1590. The van der Waals surface area contributed by atoms with E-state index in [2.05, 4.69) is 6.08 Å². The average molecular weight is 587 g/mol. The Kier molecular flexibility index (Phi) is 6.28. The lowest BCUT2D eigenvalue weighted by Gasteiger charge is -2.44. The first-order chi connectivity index (χ1) is 19.7. The van der Waals surface area contributed by atoms with Gasteiger partial charge in [0.05, 0.1) is 36.8 Å². The van der Waals surface area contributed by atoms with Gasteiger partial charge in [-0.05, 0) is 72.2 Å². The monoisotopic (exact) mass is 586 g/mol. The smallest absolute Gasteiger partial charge is 0.234 e. The fourth-order valence-electron chi connectivity index (χ4n) is 7.69. The van der Waals surface area contributed by atoms with Crippen molar-refractivity contribution in [2.75, 3.05) is 0 Å². The highest BCUT2D eigenvalue weighted by Crippen LogP contribution is 2.58. The molecule has 41 heavy (non-hydrogen) atoms. The van der Waals surface area contributed by atoms with Crippen LogP contribution in [0.15, 0.2) is 58.8 Å². The Hall–Kier alpha value is -3.56. The largest absolute Gasteiger partial charge is 0.507 e.